The highest BCUT2D eigenvalue weighted by molar-refractivity contribution is 6.31. The standard InChI is InChI=1S/C11H12ClNO3/c1-13(10(14)11(15)16)7-6-8-4-2-3-5-9(8)12/h2-5H,6-7H2,1H3,(H,15,16). The molecule has 0 aliphatic rings. The third kappa shape index (κ3) is 3.24. The number of carbonyl (C=O) groups excluding carboxylic acids is 1. The summed E-state index contributed by atoms with van der Waals surface area (Å²) in [4.78, 5) is 22.6. The summed E-state index contributed by atoms with van der Waals surface area (Å²) in [5.74, 6) is -2.35. The van der Waals surface area contributed by atoms with Crippen LogP contribution < -0.4 is 0 Å². The number of halogens is 1. The van der Waals surface area contributed by atoms with Crippen LogP contribution in [0, 0.1) is 0 Å². The van der Waals surface area contributed by atoms with Gasteiger partial charge in [0.1, 0.15) is 0 Å². The smallest absolute Gasteiger partial charge is 0.394 e. The average molecular weight is 242 g/mol. The van der Waals surface area contributed by atoms with E-state index in [1.807, 2.05) is 18.2 Å². The number of amides is 1. The Labute approximate surface area is 98.4 Å². The summed E-state index contributed by atoms with van der Waals surface area (Å²) in [7, 11) is 1.45. The molecule has 0 atom stereocenters. The van der Waals surface area contributed by atoms with Gasteiger partial charge in [0.25, 0.3) is 0 Å². The van der Waals surface area contributed by atoms with Crippen molar-refractivity contribution in [3.05, 3.63) is 34.9 Å². The largest absolute Gasteiger partial charge is 0.474 e. The van der Waals surface area contributed by atoms with E-state index in [0.29, 0.717) is 18.0 Å². The van der Waals surface area contributed by atoms with Gasteiger partial charge in [-0.15, -0.1) is 0 Å². The van der Waals surface area contributed by atoms with Crippen LogP contribution in [0.15, 0.2) is 24.3 Å². The average Bonchev–Trinajstić information content (AvgIpc) is 2.26. The van der Waals surface area contributed by atoms with Gasteiger partial charge in [-0.3, -0.25) is 4.79 Å². The molecule has 0 aliphatic carbocycles. The molecule has 0 unspecified atom stereocenters. The van der Waals surface area contributed by atoms with Gasteiger partial charge in [-0.2, -0.15) is 0 Å². The second-order valence-corrected chi connectivity index (χ2v) is 3.78. The predicted octanol–water partition coefficient (Wildman–Crippen LogP) is 1.43. The molecule has 1 aromatic rings. The fraction of sp³-hybridized carbons (Fsp3) is 0.273. The molecule has 0 radical (unpaired) electrons. The van der Waals surface area contributed by atoms with Crippen LogP contribution in [0.1, 0.15) is 5.56 Å². The number of hydrogen-bond acceptors (Lipinski definition) is 2. The molecule has 0 bridgehead atoms. The molecule has 16 heavy (non-hydrogen) atoms. The maximum atomic E-state index is 11.0. The van der Waals surface area contributed by atoms with Gasteiger partial charge in [0.15, 0.2) is 0 Å². The number of benzene rings is 1. The van der Waals surface area contributed by atoms with Gasteiger partial charge in [-0.05, 0) is 18.1 Å². The Kier molecular flexibility index (Phi) is 4.31. The first kappa shape index (κ1) is 12.5. The molecule has 0 saturated heterocycles. The Morgan fingerprint density at radius 2 is 2.00 bits per heavy atom. The predicted molar refractivity (Wildman–Crippen MR) is 60.4 cm³/mol. The summed E-state index contributed by atoms with van der Waals surface area (Å²) in [6, 6.07) is 7.27. The summed E-state index contributed by atoms with van der Waals surface area (Å²) < 4.78 is 0. The Morgan fingerprint density at radius 1 is 1.38 bits per heavy atom. The van der Waals surface area contributed by atoms with Gasteiger partial charge in [0.05, 0.1) is 0 Å². The maximum Gasteiger partial charge on any atom is 0.394 e. The Morgan fingerprint density at radius 3 is 2.56 bits per heavy atom. The molecule has 0 spiro atoms. The van der Waals surface area contributed by atoms with Crippen LogP contribution in [-0.2, 0) is 16.0 Å². The van der Waals surface area contributed by atoms with Crippen molar-refractivity contribution >= 4 is 23.5 Å². The zero-order valence-electron chi connectivity index (χ0n) is 8.81. The van der Waals surface area contributed by atoms with Crippen molar-refractivity contribution in [3.8, 4) is 0 Å². The molecule has 1 amide bonds. The number of hydrogen-bond donors (Lipinski definition) is 1. The van der Waals surface area contributed by atoms with Crippen LogP contribution in [0.4, 0.5) is 0 Å². The fourth-order valence-electron chi connectivity index (χ4n) is 1.25. The molecule has 0 fully saturated rings. The number of carbonyl (C=O) groups is 2. The van der Waals surface area contributed by atoms with E-state index in [1.165, 1.54) is 7.05 Å². The van der Waals surface area contributed by atoms with Crippen LogP contribution in [0.25, 0.3) is 0 Å². The van der Waals surface area contributed by atoms with Crippen LogP contribution in [0.2, 0.25) is 5.02 Å². The lowest BCUT2D eigenvalue weighted by Gasteiger charge is -2.14. The lowest BCUT2D eigenvalue weighted by atomic mass is 10.1. The molecule has 0 aromatic heterocycles. The summed E-state index contributed by atoms with van der Waals surface area (Å²) in [5, 5.41) is 9.11. The third-order valence-corrected chi connectivity index (χ3v) is 2.57. The molecule has 0 heterocycles. The Bertz CT molecular complexity index is 406. The van der Waals surface area contributed by atoms with E-state index >= 15 is 0 Å². The van der Waals surface area contributed by atoms with E-state index in [2.05, 4.69) is 0 Å². The summed E-state index contributed by atoms with van der Waals surface area (Å²) in [6.07, 6.45) is 0.537. The second kappa shape index (κ2) is 5.51. The van der Waals surface area contributed by atoms with Crippen LogP contribution in [-0.4, -0.2) is 35.5 Å². The minimum Gasteiger partial charge on any atom is -0.474 e. The van der Waals surface area contributed by atoms with Crippen molar-refractivity contribution in [2.75, 3.05) is 13.6 Å². The molecule has 86 valence electrons. The highest BCUT2D eigenvalue weighted by Gasteiger charge is 2.16. The van der Waals surface area contributed by atoms with Crippen molar-refractivity contribution in [2.24, 2.45) is 0 Å². The Hall–Kier alpha value is -1.55. The molecular formula is C11H12ClNO3. The first-order chi connectivity index (χ1) is 7.52. The van der Waals surface area contributed by atoms with Crippen LogP contribution in [0.3, 0.4) is 0 Å². The van der Waals surface area contributed by atoms with Crippen molar-refractivity contribution in [3.63, 3.8) is 0 Å². The fourth-order valence-corrected chi connectivity index (χ4v) is 1.48. The van der Waals surface area contributed by atoms with E-state index in [4.69, 9.17) is 16.7 Å². The topological polar surface area (TPSA) is 57.6 Å². The van der Waals surface area contributed by atoms with Gasteiger partial charge < -0.3 is 10.0 Å². The lowest BCUT2D eigenvalue weighted by Crippen LogP contribution is -2.34. The molecule has 0 saturated carbocycles. The number of nitrogens with zero attached hydrogens (tertiary/aromatic N) is 1. The third-order valence-electron chi connectivity index (χ3n) is 2.20. The Balaban J connectivity index is 2.55. The van der Waals surface area contributed by atoms with Gasteiger partial charge in [-0.1, -0.05) is 29.8 Å². The summed E-state index contributed by atoms with van der Waals surface area (Å²) >= 11 is 5.93. The molecule has 1 rings (SSSR count). The van der Waals surface area contributed by atoms with Crippen molar-refractivity contribution in [1.82, 2.24) is 4.90 Å². The molecule has 0 aliphatic heterocycles. The van der Waals surface area contributed by atoms with E-state index in [0.717, 1.165) is 10.5 Å². The van der Waals surface area contributed by atoms with Gasteiger partial charge in [0, 0.05) is 18.6 Å². The van der Waals surface area contributed by atoms with Gasteiger partial charge in [-0.25, -0.2) is 4.79 Å². The zero-order chi connectivity index (χ0) is 12.1. The number of likely N-dealkylation sites (N-methyl/N-ethyl adjacent to an activating group) is 1. The maximum absolute atomic E-state index is 11.0. The number of carboxylic acids is 1. The molecule has 1 aromatic carbocycles. The van der Waals surface area contributed by atoms with Crippen LogP contribution >= 0.6 is 11.6 Å². The van der Waals surface area contributed by atoms with E-state index < -0.39 is 11.9 Å². The van der Waals surface area contributed by atoms with Gasteiger partial charge in [0.2, 0.25) is 0 Å². The monoisotopic (exact) mass is 241 g/mol. The van der Waals surface area contributed by atoms with Crippen molar-refractivity contribution < 1.29 is 14.7 Å². The molecular weight excluding hydrogens is 230 g/mol. The summed E-state index contributed by atoms with van der Waals surface area (Å²) in [6.45, 7) is 0.328. The number of aliphatic carboxylic acids is 1. The van der Waals surface area contributed by atoms with E-state index in [-0.39, 0.29) is 0 Å². The highest BCUT2D eigenvalue weighted by atomic mass is 35.5. The van der Waals surface area contributed by atoms with Crippen molar-refractivity contribution in [1.29, 1.82) is 0 Å². The van der Waals surface area contributed by atoms with Crippen molar-refractivity contribution in [2.45, 2.75) is 6.42 Å². The SMILES string of the molecule is CN(CCc1ccccc1Cl)C(=O)C(=O)O. The van der Waals surface area contributed by atoms with E-state index in [1.54, 1.807) is 6.07 Å². The quantitative estimate of drug-likeness (QED) is 0.815. The number of carboxylic acid groups (broad SMARTS) is 1. The lowest BCUT2D eigenvalue weighted by molar-refractivity contribution is -0.155. The first-order valence-electron chi connectivity index (χ1n) is 4.74. The normalized spacial score (nSPS) is 9.88. The molecule has 1 N–H and O–H groups in total. The first-order valence-corrected chi connectivity index (χ1v) is 5.12. The minimum absolute atomic E-state index is 0.328. The second-order valence-electron chi connectivity index (χ2n) is 3.37. The van der Waals surface area contributed by atoms with Crippen LogP contribution in [0.5, 0.6) is 0 Å². The zero-order valence-corrected chi connectivity index (χ0v) is 9.57. The molecule has 4 nitrogen and oxygen atoms in total. The van der Waals surface area contributed by atoms with Gasteiger partial charge >= 0.3 is 11.9 Å². The molecule has 5 heteroatoms. The number of rotatable bonds is 3. The van der Waals surface area contributed by atoms with E-state index in [9.17, 15) is 9.59 Å². The summed E-state index contributed by atoms with van der Waals surface area (Å²) in [5.41, 5.74) is 0.897. The highest BCUT2D eigenvalue weighted by Crippen LogP contribution is 2.15. The minimum atomic E-state index is -1.44.